The summed E-state index contributed by atoms with van der Waals surface area (Å²) in [6.45, 7) is 6.87. The van der Waals surface area contributed by atoms with E-state index < -0.39 is 0 Å². The zero-order valence-electron chi connectivity index (χ0n) is 11.5. The van der Waals surface area contributed by atoms with Gasteiger partial charge in [-0.3, -0.25) is 0 Å². The van der Waals surface area contributed by atoms with Gasteiger partial charge in [0.05, 0.1) is 14.2 Å². The molecule has 1 unspecified atom stereocenters. The van der Waals surface area contributed by atoms with Crippen LogP contribution in [0, 0.1) is 0 Å². The van der Waals surface area contributed by atoms with Gasteiger partial charge in [0, 0.05) is 11.4 Å². The standard InChI is InChI=1S/C14H23O2P/c1-6-9-14(2,3)17-13-8-7-11(15-4)10-12(13)16-5/h7-8,10,17H,6,9H2,1-5H3. The number of ether oxygens (including phenoxy) is 2. The van der Waals surface area contributed by atoms with Gasteiger partial charge in [0.25, 0.3) is 0 Å². The highest BCUT2D eigenvalue weighted by Crippen LogP contribution is 2.37. The molecule has 0 aliphatic carbocycles. The first-order valence-corrected chi connectivity index (χ1v) is 7.02. The second kappa shape index (κ2) is 6.26. The molecule has 96 valence electrons. The van der Waals surface area contributed by atoms with E-state index in [-0.39, 0.29) is 0 Å². The molecule has 17 heavy (non-hydrogen) atoms. The molecule has 0 aliphatic heterocycles. The van der Waals surface area contributed by atoms with Crippen molar-refractivity contribution in [1.29, 1.82) is 0 Å². The predicted molar refractivity (Wildman–Crippen MR) is 76.5 cm³/mol. The second-order valence-electron chi connectivity index (χ2n) is 4.83. The summed E-state index contributed by atoms with van der Waals surface area (Å²) >= 11 is 0. The third-order valence-electron chi connectivity index (χ3n) is 2.76. The van der Waals surface area contributed by atoms with Crippen molar-refractivity contribution in [3.8, 4) is 11.5 Å². The van der Waals surface area contributed by atoms with Gasteiger partial charge in [-0.05, 0) is 23.7 Å². The van der Waals surface area contributed by atoms with Crippen molar-refractivity contribution in [2.75, 3.05) is 14.2 Å². The summed E-state index contributed by atoms with van der Waals surface area (Å²) in [5, 5.41) is 1.63. The molecule has 1 aromatic rings. The fourth-order valence-electron chi connectivity index (χ4n) is 1.95. The SMILES string of the molecule is CCCC(C)(C)Pc1ccc(OC)cc1OC. The van der Waals surface area contributed by atoms with Crippen LogP contribution in [0.5, 0.6) is 11.5 Å². The van der Waals surface area contributed by atoms with Gasteiger partial charge in [0.15, 0.2) is 0 Å². The van der Waals surface area contributed by atoms with Gasteiger partial charge in [-0.25, -0.2) is 0 Å². The maximum atomic E-state index is 5.44. The molecular weight excluding hydrogens is 231 g/mol. The smallest absolute Gasteiger partial charge is 0.129 e. The van der Waals surface area contributed by atoms with E-state index in [0.717, 1.165) is 20.1 Å². The molecule has 0 spiro atoms. The average Bonchev–Trinajstić information content (AvgIpc) is 2.29. The Kier molecular flexibility index (Phi) is 5.27. The number of hydrogen-bond donors (Lipinski definition) is 0. The Bertz CT molecular complexity index is 361. The molecular formula is C14H23O2P. The minimum Gasteiger partial charge on any atom is -0.497 e. The predicted octanol–water partition coefficient (Wildman–Crippen LogP) is 3.59. The molecule has 0 saturated carbocycles. The van der Waals surface area contributed by atoms with Crippen LogP contribution in [0.3, 0.4) is 0 Å². The molecule has 2 nitrogen and oxygen atoms in total. The molecule has 0 amide bonds. The second-order valence-corrected chi connectivity index (χ2v) is 6.97. The Morgan fingerprint density at radius 3 is 2.41 bits per heavy atom. The van der Waals surface area contributed by atoms with Crippen molar-refractivity contribution in [1.82, 2.24) is 0 Å². The lowest BCUT2D eigenvalue weighted by molar-refractivity contribution is 0.396. The van der Waals surface area contributed by atoms with Gasteiger partial charge in [-0.2, -0.15) is 0 Å². The van der Waals surface area contributed by atoms with Gasteiger partial charge in [0.2, 0.25) is 0 Å². The minimum absolute atomic E-state index is 0.344. The third-order valence-corrected chi connectivity index (χ3v) is 4.37. The fraction of sp³-hybridized carbons (Fsp3) is 0.571. The summed E-state index contributed by atoms with van der Waals surface area (Å²) in [7, 11) is 4.16. The number of hydrogen-bond acceptors (Lipinski definition) is 2. The van der Waals surface area contributed by atoms with Crippen LogP contribution in [-0.2, 0) is 0 Å². The first-order valence-electron chi connectivity index (χ1n) is 6.02. The Hall–Kier alpha value is -0.750. The number of rotatable bonds is 6. The average molecular weight is 254 g/mol. The number of benzene rings is 1. The maximum absolute atomic E-state index is 5.44. The maximum Gasteiger partial charge on any atom is 0.129 e. The highest BCUT2D eigenvalue weighted by Gasteiger charge is 2.19. The van der Waals surface area contributed by atoms with Crippen molar-refractivity contribution in [3.05, 3.63) is 18.2 Å². The van der Waals surface area contributed by atoms with E-state index in [1.807, 2.05) is 12.1 Å². The third kappa shape index (κ3) is 4.20. The van der Waals surface area contributed by atoms with Crippen LogP contribution < -0.4 is 14.8 Å². The molecule has 0 aliphatic rings. The van der Waals surface area contributed by atoms with E-state index in [0.29, 0.717) is 5.16 Å². The van der Waals surface area contributed by atoms with Gasteiger partial charge in [-0.15, -0.1) is 0 Å². The van der Waals surface area contributed by atoms with Crippen molar-refractivity contribution in [2.45, 2.75) is 38.8 Å². The van der Waals surface area contributed by atoms with E-state index in [2.05, 4.69) is 26.8 Å². The lowest BCUT2D eigenvalue weighted by Crippen LogP contribution is -2.17. The van der Waals surface area contributed by atoms with E-state index in [9.17, 15) is 0 Å². The highest BCUT2D eigenvalue weighted by atomic mass is 31.1. The van der Waals surface area contributed by atoms with E-state index >= 15 is 0 Å². The van der Waals surface area contributed by atoms with Crippen LogP contribution in [0.4, 0.5) is 0 Å². The fourth-order valence-corrected chi connectivity index (χ4v) is 3.52. The van der Waals surface area contributed by atoms with Gasteiger partial charge >= 0.3 is 0 Å². The van der Waals surface area contributed by atoms with Gasteiger partial charge in [-0.1, -0.05) is 35.8 Å². The molecule has 0 N–H and O–H groups in total. The van der Waals surface area contributed by atoms with Gasteiger partial charge < -0.3 is 9.47 Å². The van der Waals surface area contributed by atoms with Crippen LogP contribution in [-0.4, -0.2) is 19.4 Å². The van der Waals surface area contributed by atoms with Crippen LogP contribution in [0.25, 0.3) is 0 Å². The minimum atomic E-state index is 0.344. The summed E-state index contributed by atoms with van der Waals surface area (Å²) in [5.74, 6) is 1.79. The number of methoxy groups -OCH3 is 2. The molecule has 3 heteroatoms. The zero-order chi connectivity index (χ0) is 12.9. The van der Waals surface area contributed by atoms with Crippen LogP contribution in [0.15, 0.2) is 18.2 Å². The first kappa shape index (κ1) is 14.3. The molecule has 0 saturated heterocycles. The molecule has 0 radical (unpaired) electrons. The van der Waals surface area contributed by atoms with E-state index in [4.69, 9.17) is 9.47 Å². The monoisotopic (exact) mass is 254 g/mol. The van der Waals surface area contributed by atoms with Crippen LogP contribution >= 0.6 is 8.58 Å². The highest BCUT2D eigenvalue weighted by molar-refractivity contribution is 7.49. The molecule has 1 rings (SSSR count). The summed E-state index contributed by atoms with van der Waals surface area (Å²) in [4.78, 5) is 0. The lowest BCUT2D eigenvalue weighted by atomic mass is 10.1. The summed E-state index contributed by atoms with van der Waals surface area (Å²) in [5.41, 5.74) is 0. The molecule has 0 heterocycles. The van der Waals surface area contributed by atoms with Crippen molar-refractivity contribution < 1.29 is 9.47 Å². The molecule has 1 aromatic carbocycles. The van der Waals surface area contributed by atoms with E-state index in [1.165, 1.54) is 18.1 Å². The largest absolute Gasteiger partial charge is 0.497 e. The molecule has 0 aromatic heterocycles. The van der Waals surface area contributed by atoms with Crippen LogP contribution in [0.2, 0.25) is 0 Å². The summed E-state index contributed by atoms with van der Waals surface area (Å²) in [6, 6.07) is 6.09. The lowest BCUT2D eigenvalue weighted by Gasteiger charge is -2.25. The Morgan fingerprint density at radius 2 is 1.88 bits per heavy atom. The zero-order valence-corrected chi connectivity index (χ0v) is 12.5. The van der Waals surface area contributed by atoms with Crippen molar-refractivity contribution in [2.24, 2.45) is 0 Å². The molecule has 0 fully saturated rings. The van der Waals surface area contributed by atoms with Crippen LogP contribution in [0.1, 0.15) is 33.6 Å². The van der Waals surface area contributed by atoms with Crippen molar-refractivity contribution in [3.63, 3.8) is 0 Å². The quantitative estimate of drug-likeness (QED) is 0.722. The first-order chi connectivity index (χ1) is 8.02. The molecule has 1 atom stereocenters. The van der Waals surface area contributed by atoms with E-state index in [1.54, 1.807) is 14.2 Å². The topological polar surface area (TPSA) is 18.5 Å². The van der Waals surface area contributed by atoms with Gasteiger partial charge in [0.1, 0.15) is 11.5 Å². The summed E-state index contributed by atoms with van der Waals surface area (Å²) in [6.07, 6.45) is 2.46. The Balaban J connectivity index is 2.90. The Morgan fingerprint density at radius 1 is 1.18 bits per heavy atom. The normalized spacial score (nSPS) is 12.1. The molecule has 0 bridgehead atoms. The Labute approximate surface area is 106 Å². The summed E-state index contributed by atoms with van der Waals surface area (Å²) < 4.78 is 10.7. The van der Waals surface area contributed by atoms with Crippen molar-refractivity contribution >= 4 is 13.9 Å².